The van der Waals surface area contributed by atoms with Gasteiger partial charge in [0.05, 0.1) is 30.6 Å². The molecule has 0 radical (unpaired) electrons. The third-order valence-corrected chi connectivity index (χ3v) is 12.0. The summed E-state index contributed by atoms with van der Waals surface area (Å²) in [7, 11) is 1.74. The summed E-state index contributed by atoms with van der Waals surface area (Å²) in [6, 6.07) is 8.72. The van der Waals surface area contributed by atoms with Crippen molar-refractivity contribution in [2.45, 2.75) is 114 Å². The maximum atomic E-state index is 14.3. The van der Waals surface area contributed by atoms with Crippen molar-refractivity contribution in [2.75, 3.05) is 18.6 Å². The van der Waals surface area contributed by atoms with Gasteiger partial charge < -0.3 is 9.84 Å². The van der Waals surface area contributed by atoms with Gasteiger partial charge in [-0.15, -0.1) is 0 Å². The zero-order chi connectivity index (χ0) is 30.5. The molecule has 8 nitrogen and oxygen atoms in total. The molecule has 8 heteroatoms. The Bertz CT molecular complexity index is 1490. The van der Waals surface area contributed by atoms with Gasteiger partial charge in [-0.05, 0) is 125 Å². The van der Waals surface area contributed by atoms with Gasteiger partial charge >= 0.3 is 0 Å². The van der Waals surface area contributed by atoms with Crippen molar-refractivity contribution in [3.8, 4) is 17.0 Å². The number of aromatic nitrogens is 4. The molecule has 0 aliphatic heterocycles. The number of rotatable bonds is 8. The third kappa shape index (κ3) is 5.23. The molecule has 2 aromatic heterocycles. The molecule has 3 aromatic rings. The van der Waals surface area contributed by atoms with Gasteiger partial charge in [0.2, 0.25) is 5.91 Å². The maximum absolute atomic E-state index is 14.3. The highest BCUT2D eigenvalue weighted by Crippen LogP contribution is 2.58. The van der Waals surface area contributed by atoms with Crippen molar-refractivity contribution in [3.63, 3.8) is 0 Å². The van der Waals surface area contributed by atoms with Crippen molar-refractivity contribution < 1.29 is 14.6 Å². The van der Waals surface area contributed by atoms with Crippen molar-refractivity contribution >= 4 is 11.7 Å². The normalized spacial score (nSPS) is 29.2. The molecular weight excluding hydrogens is 550 g/mol. The molecule has 1 aromatic carbocycles. The van der Waals surface area contributed by atoms with Crippen LogP contribution in [-0.2, 0) is 15.7 Å². The Labute approximate surface area is 261 Å². The first-order valence-electron chi connectivity index (χ1n) is 16.7. The fraction of sp³-hybridized carbons (Fsp3) is 0.611. The highest BCUT2D eigenvalue weighted by Gasteiger charge is 2.51. The first-order chi connectivity index (χ1) is 21.2. The van der Waals surface area contributed by atoms with Gasteiger partial charge in [-0.25, -0.2) is 9.97 Å². The molecule has 0 atom stereocenters. The van der Waals surface area contributed by atoms with E-state index in [0.29, 0.717) is 25.2 Å². The van der Waals surface area contributed by atoms with Gasteiger partial charge in [0, 0.05) is 30.3 Å². The summed E-state index contributed by atoms with van der Waals surface area (Å²) in [5.41, 5.74) is 4.79. The van der Waals surface area contributed by atoms with Gasteiger partial charge in [-0.3, -0.25) is 14.4 Å². The topological polar surface area (TPSA) is 93.4 Å². The Hall–Kier alpha value is -3.26. The van der Waals surface area contributed by atoms with E-state index in [4.69, 9.17) is 14.8 Å². The SMILES string of the molecule is COc1ccc(C23CCC(CN(C(=O)C4CCC(O)CC4)c4cc(-c5cnn(C6(C)CCC6)c5)ncn4)(CC2)CC3)cc1C. The smallest absolute Gasteiger partial charge is 0.231 e. The van der Waals surface area contributed by atoms with Crippen LogP contribution in [0.15, 0.2) is 43.0 Å². The molecule has 0 spiro atoms. The number of aliphatic hydroxyl groups is 1. The number of aliphatic hydroxyl groups excluding tert-OH is 1. The van der Waals surface area contributed by atoms with Crippen LogP contribution in [0.3, 0.4) is 0 Å². The summed E-state index contributed by atoms with van der Waals surface area (Å²) < 4.78 is 7.62. The van der Waals surface area contributed by atoms with Gasteiger partial charge in [-0.2, -0.15) is 5.10 Å². The van der Waals surface area contributed by atoms with E-state index in [1.54, 1.807) is 13.4 Å². The largest absolute Gasteiger partial charge is 0.496 e. The van der Waals surface area contributed by atoms with Gasteiger partial charge in [0.1, 0.15) is 17.9 Å². The number of carbonyl (C=O) groups excluding carboxylic acids is 1. The lowest BCUT2D eigenvalue weighted by Gasteiger charge is -2.55. The number of aryl methyl sites for hydroxylation is 1. The van der Waals surface area contributed by atoms with Gasteiger partial charge in [-0.1, -0.05) is 12.1 Å². The molecule has 2 bridgehead atoms. The van der Waals surface area contributed by atoms with E-state index in [2.05, 4.69) is 47.9 Å². The van der Waals surface area contributed by atoms with Crippen molar-refractivity contribution in [1.82, 2.24) is 19.7 Å². The molecule has 234 valence electrons. The Morgan fingerprint density at radius 1 is 1.02 bits per heavy atom. The molecule has 0 unspecified atom stereocenters. The van der Waals surface area contributed by atoms with Gasteiger partial charge in [0.25, 0.3) is 0 Å². The lowest BCUT2D eigenvalue weighted by atomic mass is 9.51. The molecule has 5 saturated carbocycles. The average molecular weight is 598 g/mol. The second kappa shape index (κ2) is 11.3. The monoisotopic (exact) mass is 597 g/mol. The number of amides is 1. The van der Waals surface area contributed by atoms with Crippen LogP contribution in [0.2, 0.25) is 0 Å². The molecule has 2 heterocycles. The number of methoxy groups -OCH3 is 1. The number of carbonyl (C=O) groups is 1. The van der Waals surface area contributed by atoms with E-state index in [0.717, 1.165) is 81.2 Å². The van der Waals surface area contributed by atoms with Crippen LogP contribution in [0, 0.1) is 18.3 Å². The summed E-state index contributed by atoms with van der Waals surface area (Å²) in [5, 5.41) is 14.8. The zero-order valence-electron chi connectivity index (χ0n) is 26.6. The Morgan fingerprint density at radius 2 is 1.75 bits per heavy atom. The summed E-state index contributed by atoms with van der Waals surface area (Å²) >= 11 is 0. The minimum Gasteiger partial charge on any atom is -0.496 e. The minimum atomic E-state index is -0.294. The number of nitrogens with zero attached hydrogens (tertiary/aromatic N) is 5. The zero-order valence-corrected chi connectivity index (χ0v) is 26.6. The average Bonchev–Trinajstić information content (AvgIpc) is 3.54. The predicted molar refractivity (Wildman–Crippen MR) is 171 cm³/mol. The first kappa shape index (κ1) is 29.5. The van der Waals surface area contributed by atoms with Crippen LogP contribution < -0.4 is 9.64 Å². The summed E-state index contributed by atoms with van der Waals surface area (Å²) in [6.45, 7) is 5.09. The standard InChI is InChI=1S/C36H47N5O3/c1-25-19-28(7-10-31(25)44-3)36-16-13-35(14-17-36,15-18-36)23-40(33(43)26-5-8-29(42)9-6-26)32-20-30(37-24-38-32)27-21-39-41(22-27)34(2)11-4-12-34/h7,10,19-22,24,26,29,42H,4-6,8-9,11-18,23H2,1-3H3. The van der Waals surface area contributed by atoms with Crippen LogP contribution >= 0.6 is 0 Å². The number of hydrogen-bond acceptors (Lipinski definition) is 6. The Morgan fingerprint density at radius 3 is 2.39 bits per heavy atom. The predicted octanol–water partition coefficient (Wildman–Crippen LogP) is 6.73. The molecule has 5 aliphatic rings. The van der Waals surface area contributed by atoms with Crippen molar-refractivity contribution in [2.24, 2.45) is 11.3 Å². The van der Waals surface area contributed by atoms with Crippen molar-refractivity contribution in [1.29, 1.82) is 0 Å². The summed E-state index contributed by atoms with van der Waals surface area (Å²) in [5.74, 6) is 1.71. The highest BCUT2D eigenvalue weighted by atomic mass is 16.5. The minimum absolute atomic E-state index is 0.0805. The van der Waals surface area contributed by atoms with Crippen LogP contribution in [0.25, 0.3) is 11.3 Å². The quantitative estimate of drug-likeness (QED) is 0.309. The van der Waals surface area contributed by atoms with E-state index in [9.17, 15) is 9.90 Å². The van der Waals surface area contributed by atoms with E-state index >= 15 is 0 Å². The van der Waals surface area contributed by atoms with E-state index in [1.165, 1.54) is 17.5 Å². The second-order valence-electron chi connectivity index (χ2n) is 14.7. The van der Waals surface area contributed by atoms with E-state index < -0.39 is 0 Å². The van der Waals surface area contributed by atoms with Crippen LogP contribution in [-0.4, -0.2) is 50.5 Å². The number of fused-ring (bicyclic) bond motifs is 3. The molecule has 8 rings (SSSR count). The molecule has 1 amide bonds. The Balaban J connectivity index is 1.15. The molecule has 0 saturated heterocycles. The lowest BCUT2D eigenvalue weighted by Crippen LogP contribution is -2.52. The molecule has 1 N–H and O–H groups in total. The van der Waals surface area contributed by atoms with Crippen LogP contribution in [0.4, 0.5) is 5.82 Å². The van der Waals surface area contributed by atoms with E-state index in [-0.39, 0.29) is 34.3 Å². The maximum Gasteiger partial charge on any atom is 0.231 e. The fourth-order valence-corrected chi connectivity index (χ4v) is 8.61. The second-order valence-corrected chi connectivity index (χ2v) is 14.7. The summed E-state index contributed by atoms with van der Waals surface area (Å²) in [4.78, 5) is 25.7. The highest BCUT2D eigenvalue weighted by molar-refractivity contribution is 5.94. The fourth-order valence-electron chi connectivity index (χ4n) is 8.61. The van der Waals surface area contributed by atoms with Crippen LogP contribution in [0.5, 0.6) is 5.75 Å². The first-order valence-corrected chi connectivity index (χ1v) is 16.7. The van der Waals surface area contributed by atoms with Crippen LogP contribution in [0.1, 0.15) is 102 Å². The molecule has 5 aliphatic carbocycles. The molecular formula is C36H47N5O3. The number of anilines is 1. The lowest BCUT2D eigenvalue weighted by molar-refractivity contribution is -0.124. The van der Waals surface area contributed by atoms with E-state index in [1.807, 2.05) is 17.2 Å². The molecule has 5 fully saturated rings. The Kier molecular flexibility index (Phi) is 7.54. The number of hydrogen-bond donors (Lipinski definition) is 1. The molecule has 44 heavy (non-hydrogen) atoms. The summed E-state index contributed by atoms with van der Waals surface area (Å²) in [6.07, 6.45) is 18.4. The number of benzene rings is 1. The number of ether oxygens (including phenoxy) is 1. The third-order valence-electron chi connectivity index (χ3n) is 12.0. The van der Waals surface area contributed by atoms with Crippen molar-refractivity contribution in [3.05, 3.63) is 54.1 Å². The van der Waals surface area contributed by atoms with Gasteiger partial charge in [0.15, 0.2) is 0 Å².